The van der Waals surface area contributed by atoms with Crippen LogP contribution in [-0.4, -0.2) is 33.5 Å². The van der Waals surface area contributed by atoms with Crippen LogP contribution in [-0.2, 0) is 0 Å². The number of methoxy groups -OCH3 is 3. The predicted molar refractivity (Wildman–Crippen MR) is 77.0 cm³/mol. The zero-order valence-corrected chi connectivity index (χ0v) is 12.2. The molecule has 0 aliphatic carbocycles. The maximum absolute atomic E-state index is 12.0. The summed E-state index contributed by atoms with van der Waals surface area (Å²) in [5.41, 5.74) is 2.83. The van der Waals surface area contributed by atoms with Gasteiger partial charge in [0.1, 0.15) is 0 Å². The third-order valence-corrected chi connectivity index (χ3v) is 2.60. The van der Waals surface area contributed by atoms with Gasteiger partial charge in [0.05, 0.1) is 21.3 Å². The smallest absolute Gasteiger partial charge is 0.271 e. The summed E-state index contributed by atoms with van der Waals surface area (Å²) in [6.07, 6.45) is 3.45. The van der Waals surface area contributed by atoms with Crippen molar-refractivity contribution in [2.75, 3.05) is 21.3 Å². The van der Waals surface area contributed by atoms with Gasteiger partial charge in [0.15, 0.2) is 11.5 Å². The fourth-order valence-electron chi connectivity index (χ4n) is 1.57. The van der Waals surface area contributed by atoms with Crippen LogP contribution in [0.5, 0.6) is 17.2 Å². The first-order valence-corrected chi connectivity index (χ1v) is 6.29. The molecule has 0 radical (unpaired) electrons. The van der Waals surface area contributed by atoms with Crippen LogP contribution in [0.3, 0.4) is 0 Å². The van der Waals surface area contributed by atoms with Crippen LogP contribution in [0.15, 0.2) is 17.2 Å². The molecule has 20 heavy (non-hydrogen) atoms. The molecule has 6 nitrogen and oxygen atoms in total. The summed E-state index contributed by atoms with van der Waals surface area (Å²) in [5, 5.41) is 3.85. The summed E-state index contributed by atoms with van der Waals surface area (Å²) in [7, 11) is 4.51. The van der Waals surface area contributed by atoms with Crippen molar-refractivity contribution in [1.82, 2.24) is 5.43 Å². The first-order valence-electron chi connectivity index (χ1n) is 6.29. The molecule has 1 rings (SSSR count). The van der Waals surface area contributed by atoms with Crippen molar-refractivity contribution in [2.45, 2.75) is 19.8 Å². The highest BCUT2D eigenvalue weighted by atomic mass is 16.5. The van der Waals surface area contributed by atoms with Crippen LogP contribution in [0.4, 0.5) is 0 Å². The minimum absolute atomic E-state index is 0.336. The monoisotopic (exact) mass is 280 g/mol. The Balaban J connectivity index is 2.97. The number of nitrogens with one attached hydrogen (secondary N) is 1. The normalized spacial score (nSPS) is 10.4. The molecule has 0 bridgehead atoms. The van der Waals surface area contributed by atoms with Crippen molar-refractivity contribution < 1.29 is 19.0 Å². The fraction of sp³-hybridized carbons (Fsp3) is 0.429. The van der Waals surface area contributed by atoms with E-state index < -0.39 is 0 Å². The number of amides is 1. The second-order valence-corrected chi connectivity index (χ2v) is 3.96. The Morgan fingerprint density at radius 1 is 1.20 bits per heavy atom. The predicted octanol–water partition coefficient (Wildman–Crippen LogP) is 2.23. The van der Waals surface area contributed by atoms with Gasteiger partial charge in [-0.3, -0.25) is 4.79 Å². The lowest BCUT2D eigenvalue weighted by molar-refractivity contribution is 0.0954. The van der Waals surface area contributed by atoms with Gasteiger partial charge in [-0.25, -0.2) is 5.43 Å². The Hall–Kier alpha value is -2.24. The third kappa shape index (κ3) is 3.88. The number of unbranched alkanes of at least 4 members (excludes halogenated alkanes) is 1. The molecule has 0 fully saturated rings. The van der Waals surface area contributed by atoms with E-state index in [0.29, 0.717) is 22.8 Å². The van der Waals surface area contributed by atoms with Crippen molar-refractivity contribution in [1.29, 1.82) is 0 Å². The Labute approximate surface area is 118 Å². The highest BCUT2D eigenvalue weighted by Gasteiger charge is 2.16. The van der Waals surface area contributed by atoms with E-state index in [4.69, 9.17) is 14.2 Å². The lowest BCUT2D eigenvalue weighted by Crippen LogP contribution is -2.17. The number of rotatable bonds is 7. The number of carbonyl (C=O) groups excluding carboxylic acids is 1. The molecule has 1 aromatic rings. The largest absolute Gasteiger partial charge is 0.493 e. The van der Waals surface area contributed by atoms with Gasteiger partial charge in [-0.2, -0.15) is 5.10 Å². The summed E-state index contributed by atoms with van der Waals surface area (Å²) in [4.78, 5) is 12.0. The zero-order chi connectivity index (χ0) is 15.0. The average molecular weight is 280 g/mol. The zero-order valence-electron chi connectivity index (χ0n) is 12.2. The standard InChI is InChI=1S/C14H20N2O4/c1-5-6-7-15-16-14(17)10-8-11(18-2)13(20-4)12(9-10)19-3/h7-9H,5-6H2,1-4H3,(H,16,17)/b15-7-. The van der Waals surface area contributed by atoms with E-state index in [1.54, 1.807) is 18.3 Å². The lowest BCUT2D eigenvalue weighted by atomic mass is 10.1. The number of hydrogen-bond donors (Lipinski definition) is 1. The Bertz CT molecular complexity index is 461. The van der Waals surface area contributed by atoms with Gasteiger partial charge >= 0.3 is 0 Å². The van der Waals surface area contributed by atoms with Crippen LogP contribution in [0.2, 0.25) is 0 Å². The molecule has 0 aliphatic rings. The third-order valence-electron chi connectivity index (χ3n) is 2.60. The average Bonchev–Trinajstić information content (AvgIpc) is 2.49. The summed E-state index contributed by atoms with van der Waals surface area (Å²) < 4.78 is 15.6. The Morgan fingerprint density at radius 2 is 1.80 bits per heavy atom. The Morgan fingerprint density at radius 3 is 2.25 bits per heavy atom. The van der Waals surface area contributed by atoms with Gasteiger partial charge in [-0.15, -0.1) is 0 Å². The molecule has 0 aliphatic heterocycles. The van der Waals surface area contributed by atoms with Gasteiger partial charge in [-0.05, 0) is 18.6 Å². The maximum atomic E-state index is 12.0. The van der Waals surface area contributed by atoms with E-state index in [1.165, 1.54) is 21.3 Å². The summed E-state index contributed by atoms with van der Waals surface area (Å²) in [6.45, 7) is 2.03. The van der Waals surface area contributed by atoms with E-state index in [-0.39, 0.29) is 5.91 Å². The number of hydrogen-bond acceptors (Lipinski definition) is 5. The Kier molecular flexibility index (Phi) is 6.36. The van der Waals surface area contributed by atoms with Crippen LogP contribution < -0.4 is 19.6 Å². The number of carbonyl (C=O) groups is 1. The molecular formula is C14H20N2O4. The molecule has 110 valence electrons. The molecule has 0 saturated carbocycles. The molecule has 6 heteroatoms. The number of hydrazone groups is 1. The molecule has 0 saturated heterocycles. The van der Waals surface area contributed by atoms with E-state index in [0.717, 1.165) is 12.8 Å². The topological polar surface area (TPSA) is 69.2 Å². The van der Waals surface area contributed by atoms with E-state index in [2.05, 4.69) is 10.5 Å². The molecular weight excluding hydrogens is 260 g/mol. The van der Waals surface area contributed by atoms with Crippen LogP contribution >= 0.6 is 0 Å². The highest BCUT2D eigenvalue weighted by Crippen LogP contribution is 2.38. The van der Waals surface area contributed by atoms with E-state index >= 15 is 0 Å². The van der Waals surface area contributed by atoms with Gasteiger partial charge in [0.2, 0.25) is 5.75 Å². The van der Waals surface area contributed by atoms with E-state index in [1.807, 2.05) is 6.92 Å². The maximum Gasteiger partial charge on any atom is 0.271 e. The second-order valence-electron chi connectivity index (χ2n) is 3.96. The molecule has 1 N–H and O–H groups in total. The van der Waals surface area contributed by atoms with Crippen LogP contribution in [0.1, 0.15) is 30.1 Å². The molecule has 0 unspecified atom stereocenters. The van der Waals surface area contributed by atoms with Crippen molar-refractivity contribution in [3.63, 3.8) is 0 Å². The molecule has 0 spiro atoms. The molecule has 0 aromatic heterocycles. The first-order chi connectivity index (χ1) is 9.67. The fourth-order valence-corrected chi connectivity index (χ4v) is 1.57. The number of nitrogens with zero attached hydrogens (tertiary/aromatic N) is 1. The molecule has 0 atom stereocenters. The molecule has 0 heterocycles. The summed E-state index contributed by atoms with van der Waals surface area (Å²) in [5.74, 6) is 0.960. The second kappa shape index (κ2) is 8.04. The quantitative estimate of drug-likeness (QED) is 0.614. The van der Waals surface area contributed by atoms with E-state index in [9.17, 15) is 4.79 Å². The van der Waals surface area contributed by atoms with Crippen molar-refractivity contribution in [3.05, 3.63) is 17.7 Å². The summed E-state index contributed by atoms with van der Waals surface area (Å²) in [6, 6.07) is 3.15. The van der Waals surface area contributed by atoms with Crippen LogP contribution in [0, 0.1) is 0 Å². The van der Waals surface area contributed by atoms with Crippen LogP contribution in [0.25, 0.3) is 0 Å². The SMILES string of the molecule is CCC/C=N\NC(=O)c1cc(OC)c(OC)c(OC)c1. The lowest BCUT2D eigenvalue weighted by Gasteiger charge is -2.13. The van der Waals surface area contributed by atoms with Crippen molar-refractivity contribution in [2.24, 2.45) is 5.10 Å². The summed E-state index contributed by atoms with van der Waals surface area (Å²) >= 11 is 0. The van der Waals surface area contributed by atoms with Gasteiger partial charge < -0.3 is 14.2 Å². The minimum Gasteiger partial charge on any atom is -0.493 e. The number of ether oxygens (including phenoxy) is 3. The highest BCUT2D eigenvalue weighted by molar-refractivity contribution is 5.95. The van der Waals surface area contributed by atoms with Gasteiger partial charge in [0, 0.05) is 11.8 Å². The van der Waals surface area contributed by atoms with Gasteiger partial charge in [0.25, 0.3) is 5.91 Å². The molecule has 1 aromatic carbocycles. The molecule has 1 amide bonds. The minimum atomic E-state index is -0.336. The first kappa shape index (κ1) is 15.8. The van der Waals surface area contributed by atoms with Gasteiger partial charge in [-0.1, -0.05) is 13.3 Å². The van der Waals surface area contributed by atoms with Crippen molar-refractivity contribution >= 4 is 12.1 Å². The van der Waals surface area contributed by atoms with Crippen molar-refractivity contribution in [3.8, 4) is 17.2 Å². The number of benzene rings is 1.